The van der Waals surface area contributed by atoms with E-state index in [1.807, 2.05) is 63.2 Å². The Morgan fingerprint density at radius 1 is 1.05 bits per heavy atom. The summed E-state index contributed by atoms with van der Waals surface area (Å²) in [6, 6.07) is 18.6. The van der Waals surface area contributed by atoms with Gasteiger partial charge in [-0.2, -0.15) is 0 Å². The SMILES string of the molecule is CCCN(C(=O)Nc1ccc(Cl)cc1Cl)C(CC)c1nc2ccccc2c(=O)n1-c1ccc(OCC)cc1. The zero-order chi connectivity index (χ0) is 27.2. The average molecular weight is 553 g/mol. The molecule has 38 heavy (non-hydrogen) atoms. The third kappa shape index (κ3) is 5.79. The fourth-order valence-electron chi connectivity index (χ4n) is 4.44. The summed E-state index contributed by atoms with van der Waals surface area (Å²) in [6.07, 6.45) is 1.24. The van der Waals surface area contributed by atoms with Crippen LogP contribution >= 0.6 is 23.2 Å². The first-order valence-corrected chi connectivity index (χ1v) is 13.4. The highest BCUT2D eigenvalue weighted by Gasteiger charge is 2.29. The number of carbonyl (C=O) groups is 1. The molecule has 0 saturated carbocycles. The van der Waals surface area contributed by atoms with Crippen LogP contribution in [0.15, 0.2) is 71.5 Å². The summed E-state index contributed by atoms with van der Waals surface area (Å²) in [5.41, 5.74) is 1.46. The number of halogens is 2. The van der Waals surface area contributed by atoms with Crippen molar-refractivity contribution in [1.29, 1.82) is 0 Å². The predicted molar refractivity (Wildman–Crippen MR) is 154 cm³/mol. The van der Waals surface area contributed by atoms with Gasteiger partial charge in [-0.15, -0.1) is 0 Å². The van der Waals surface area contributed by atoms with Crippen LogP contribution in [-0.2, 0) is 0 Å². The Morgan fingerprint density at radius 3 is 2.45 bits per heavy atom. The maximum absolute atomic E-state index is 13.8. The quantitative estimate of drug-likeness (QED) is 0.233. The van der Waals surface area contributed by atoms with Gasteiger partial charge < -0.3 is 15.0 Å². The van der Waals surface area contributed by atoms with E-state index < -0.39 is 6.04 Å². The summed E-state index contributed by atoms with van der Waals surface area (Å²) < 4.78 is 7.18. The number of para-hydroxylation sites is 1. The molecule has 4 rings (SSSR count). The fourth-order valence-corrected chi connectivity index (χ4v) is 4.90. The number of aromatic nitrogens is 2. The Balaban J connectivity index is 1.84. The normalized spacial score (nSPS) is 11.8. The van der Waals surface area contributed by atoms with Crippen LogP contribution in [0, 0.1) is 0 Å². The van der Waals surface area contributed by atoms with E-state index in [1.54, 1.807) is 33.7 Å². The summed E-state index contributed by atoms with van der Waals surface area (Å²) in [6.45, 7) is 6.87. The molecule has 4 aromatic rings. The van der Waals surface area contributed by atoms with Crippen LogP contribution in [0.2, 0.25) is 10.0 Å². The van der Waals surface area contributed by atoms with Gasteiger partial charge in [0.2, 0.25) is 0 Å². The molecule has 1 aromatic heterocycles. The van der Waals surface area contributed by atoms with Crippen molar-refractivity contribution in [1.82, 2.24) is 14.5 Å². The number of nitrogens with one attached hydrogen (secondary N) is 1. The number of fused-ring (bicyclic) bond motifs is 1. The lowest BCUT2D eigenvalue weighted by Gasteiger charge is -2.32. The van der Waals surface area contributed by atoms with Gasteiger partial charge in [-0.1, -0.05) is 49.2 Å². The first kappa shape index (κ1) is 27.5. The smallest absolute Gasteiger partial charge is 0.322 e. The maximum atomic E-state index is 13.8. The Labute approximate surface area is 232 Å². The molecular weight excluding hydrogens is 523 g/mol. The van der Waals surface area contributed by atoms with E-state index in [0.29, 0.717) is 69.9 Å². The molecule has 0 aliphatic rings. The van der Waals surface area contributed by atoms with E-state index in [4.69, 9.17) is 32.9 Å². The second kappa shape index (κ2) is 12.3. The topological polar surface area (TPSA) is 76.5 Å². The van der Waals surface area contributed by atoms with Gasteiger partial charge in [-0.05, 0) is 74.4 Å². The molecule has 1 heterocycles. The average Bonchev–Trinajstić information content (AvgIpc) is 2.91. The highest BCUT2D eigenvalue weighted by atomic mass is 35.5. The van der Waals surface area contributed by atoms with Crippen molar-refractivity contribution in [3.63, 3.8) is 0 Å². The largest absolute Gasteiger partial charge is 0.494 e. The van der Waals surface area contributed by atoms with Crippen LogP contribution in [0.25, 0.3) is 16.6 Å². The molecule has 1 atom stereocenters. The van der Waals surface area contributed by atoms with E-state index in [9.17, 15) is 9.59 Å². The molecule has 0 radical (unpaired) electrons. The summed E-state index contributed by atoms with van der Waals surface area (Å²) in [4.78, 5) is 34.1. The standard InChI is InChI=1S/C29H30Cl2N4O3/c1-4-17-34(29(37)33-25-16-11-19(30)18-23(25)31)26(5-2)27-32-24-10-8-7-9-22(24)28(36)35(27)20-12-14-21(15-13-20)38-6-3/h7-16,18,26H,4-6,17H2,1-3H3,(H,33,37). The van der Waals surface area contributed by atoms with E-state index in [0.717, 1.165) is 0 Å². The molecule has 0 aliphatic carbocycles. The van der Waals surface area contributed by atoms with Gasteiger partial charge in [-0.25, -0.2) is 9.78 Å². The van der Waals surface area contributed by atoms with Crippen molar-refractivity contribution in [3.05, 3.63) is 93.0 Å². The predicted octanol–water partition coefficient (Wildman–Crippen LogP) is 7.49. The highest BCUT2D eigenvalue weighted by molar-refractivity contribution is 6.36. The Hall–Kier alpha value is -3.55. The number of nitrogens with zero attached hydrogens (tertiary/aromatic N) is 3. The minimum atomic E-state index is -0.495. The third-order valence-corrected chi connectivity index (χ3v) is 6.71. The van der Waals surface area contributed by atoms with Crippen LogP contribution < -0.4 is 15.6 Å². The van der Waals surface area contributed by atoms with Crippen LogP contribution in [0.3, 0.4) is 0 Å². The van der Waals surface area contributed by atoms with Gasteiger partial charge in [0.25, 0.3) is 5.56 Å². The molecule has 3 aromatic carbocycles. The van der Waals surface area contributed by atoms with Gasteiger partial charge in [0.1, 0.15) is 11.6 Å². The molecule has 9 heteroatoms. The number of anilines is 1. The lowest BCUT2D eigenvalue weighted by molar-refractivity contribution is 0.181. The van der Waals surface area contributed by atoms with Crippen molar-refractivity contribution >= 4 is 45.8 Å². The summed E-state index contributed by atoms with van der Waals surface area (Å²) in [5, 5.41) is 4.22. The van der Waals surface area contributed by atoms with Crippen LogP contribution in [0.5, 0.6) is 5.75 Å². The maximum Gasteiger partial charge on any atom is 0.322 e. The van der Waals surface area contributed by atoms with E-state index in [1.165, 1.54) is 0 Å². The van der Waals surface area contributed by atoms with Crippen LogP contribution in [0.4, 0.5) is 10.5 Å². The van der Waals surface area contributed by atoms with Gasteiger partial charge in [0.05, 0.1) is 39.9 Å². The minimum absolute atomic E-state index is 0.203. The number of hydrogen-bond acceptors (Lipinski definition) is 4. The lowest BCUT2D eigenvalue weighted by Crippen LogP contribution is -2.41. The molecule has 0 aliphatic heterocycles. The highest BCUT2D eigenvalue weighted by Crippen LogP contribution is 2.30. The molecule has 198 valence electrons. The summed E-state index contributed by atoms with van der Waals surface area (Å²) in [5.74, 6) is 1.18. The zero-order valence-electron chi connectivity index (χ0n) is 21.6. The van der Waals surface area contributed by atoms with Gasteiger partial charge >= 0.3 is 6.03 Å². The number of amides is 2. The Morgan fingerprint density at radius 2 is 1.79 bits per heavy atom. The molecule has 2 amide bonds. The first-order valence-electron chi connectivity index (χ1n) is 12.7. The molecule has 0 spiro atoms. The number of hydrogen-bond donors (Lipinski definition) is 1. The fraction of sp³-hybridized carbons (Fsp3) is 0.276. The van der Waals surface area contributed by atoms with E-state index >= 15 is 0 Å². The molecule has 0 saturated heterocycles. The van der Waals surface area contributed by atoms with Crippen LogP contribution in [-0.4, -0.2) is 33.6 Å². The Kier molecular flexibility index (Phi) is 8.92. The van der Waals surface area contributed by atoms with E-state index in [-0.39, 0.29) is 11.6 Å². The van der Waals surface area contributed by atoms with Crippen molar-refractivity contribution in [2.45, 2.75) is 39.7 Å². The first-order chi connectivity index (χ1) is 18.4. The van der Waals surface area contributed by atoms with Gasteiger partial charge in [0.15, 0.2) is 0 Å². The van der Waals surface area contributed by atoms with Gasteiger partial charge in [0, 0.05) is 11.6 Å². The number of carbonyl (C=O) groups excluding carboxylic acids is 1. The van der Waals surface area contributed by atoms with Crippen molar-refractivity contribution in [2.75, 3.05) is 18.5 Å². The van der Waals surface area contributed by atoms with Crippen molar-refractivity contribution in [2.24, 2.45) is 0 Å². The monoisotopic (exact) mass is 552 g/mol. The Bertz CT molecular complexity index is 1490. The molecular formula is C29H30Cl2N4O3. The number of rotatable bonds is 9. The molecule has 7 nitrogen and oxygen atoms in total. The number of urea groups is 1. The zero-order valence-corrected chi connectivity index (χ0v) is 23.1. The second-order valence-corrected chi connectivity index (χ2v) is 9.57. The summed E-state index contributed by atoms with van der Waals surface area (Å²) >= 11 is 12.4. The summed E-state index contributed by atoms with van der Waals surface area (Å²) in [7, 11) is 0. The third-order valence-electron chi connectivity index (χ3n) is 6.17. The van der Waals surface area contributed by atoms with Crippen molar-refractivity contribution in [3.8, 4) is 11.4 Å². The second-order valence-electron chi connectivity index (χ2n) is 8.73. The molecule has 1 N–H and O–H groups in total. The molecule has 1 unspecified atom stereocenters. The minimum Gasteiger partial charge on any atom is -0.494 e. The molecule has 0 fully saturated rings. The lowest BCUT2D eigenvalue weighted by atomic mass is 10.1. The number of benzene rings is 3. The molecule has 0 bridgehead atoms. The van der Waals surface area contributed by atoms with Crippen molar-refractivity contribution < 1.29 is 9.53 Å². The van der Waals surface area contributed by atoms with E-state index in [2.05, 4.69) is 5.32 Å². The van der Waals surface area contributed by atoms with Crippen LogP contribution in [0.1, 0.15) is 45.5 Å². The number of ether oxygens (including phenoxy) is 1. The van der Waals surface area contributed by atoms with Gasteiger partial charge in [-0.3, -0.25) is 9.36 Å².